The largest absolute Gasteiger partial charge is 0.393 e. The normalized spacial score (nSPS) is 28.8. The Balaban J connectivity index is 2.11. The van der Waals surface area contributed by atoms with Gasteiger partial charge in [-0.05, 0) is 32.6 Å². The molecule has 0 aromatic carbocycles. The summed E-state index contributed by atoms with van der Waals surface area (Å²) in [5.74, 6) is 0. The standard InChI is InChI=1S/C9H18O3/c1-7(10)5-8(11)6-9-3-2-4-12-9/h7-11H,2-6H2,1H3/t7-,8+,9-/m0/s1. The lowest BCUT2D eigenvalue weighted by Gasteiger charge is -2.16. The molecule has 0 amide bonds. The van der Waals surface area contributed by atoms with E-state index in [1.165, 1.54) is 0 Å². The van der Waals surface area contributed by atoms with Gasteiger partial charge < -0.3 is 14.9 Å². The molecule has 12 heavy (non-hydrogen) atoms. The highest BCUT2D eigenvalue weighted by Crippen LogP contribution is 2.18. The first-order valence-electron chi connectivity index (χ1n) is 4.66. The van der Waals surface area contributed by atoms with Crippen LogP contribution in [0.3, 0.4) is 0 Å². The molecule has 0 bridgehead atoms. The molecule has 1 rings (SSSR count). The quantitative estimate of drug-likeness (QED) is 0.659. The summed E-state index contributed by atoms with van der Waals surface area (Å²) >= 11 is 0. The first-order chi connectivity index (χ1) is 5.68. The summed E-state index contributed by atoms with van der Waals surface area (Å²) in [6, 6.07) is 0. The van der Waals surface area contributed by atoms with Gasteiger partial charge in [-0.15, -0.1) is 0 Å². The Morgan fingerprint density at radius 3 is 2.75 bits per heavy atom. The molecule has 3 nitrogen and oxygen atoms in total. The van der Waals surface area contributed by atoms with E-state index in [1.54, 1.807) is 6.92 Å². The molecule has 3 atom stereocenters. The van der Waals surface area contributed by atoms with Gasteiger partial charge in [0.05, 0.1) is 18.3 Å². The maximum absolute atomic E-state index is 9.44. The van der Waals surface area contributed by atoms with Crippen molar-refractivity contribution in [3.8, 4) is 0 Å². The van der Waals surface area contributed by atoms with Crippen LogP contribution in [-0.4, -0.2) is 35.1 Å². The van der Waals surface area contributed by atoms with Gasteiger partial charge in [-0.1, -0.05) is 0 Å². The molecule has 3 heteroatoms. The molecule has 0 saturated carbocycles. The second kappa shape index (κ2) is 4.80. The van der Waals surface area contributed by atoms with Crippen LogP contribution in [0.4, 0.5) is 0 Å². The van der Waals surface area contributed by atoms with E-state index >= 15 is 0 Å². The van der Waals surface area contributed by atoms with Gasteiger partial charge in [0, 0.05) is 6.61 Å². The van der Waals surface area contributed by atoms with Gasteiger partial charge >= 0.3 is 0 Å². The van der Waals surface area contributed by atoms with Crippen molar-refractivity contribution in [2.75, 3.05) is 6.61 Å². The van der Waals surface area contributed by atoms with E-state index < -0.39 is 12.2 Å². The molecule has 2 N–H and O–H groups in total. The van der Waals surface area contributed by atoms with Crippen LogP contribution in [0, 0.1) is 0 Å². The van der Waals surface area contributed by atoms with Crippen LogP contribution in [0.1, 0.15) is 32.6 Å². The van der Waals surface area contributed by atoms with Crippen LogP contribution >= 0.6 is 0 Å². The summed E-state index contributed by atoms with van der Waals surface area (Å²) < 4.78 is 5.36. The highest BCUT2D eigenvalue weighted by atomic mass is 16.5. The molecule has 72 valence electrons. The van der Waals surface area contributed by atoms with Gasteiger partial charge in [0.15, 0.2) is 0 Å². The molecule has 0 unspecified atom stereocenters. The van der Waals surface area contributed by atoms with Crippen molar-refractivity contribution in [2.24, 2.45) is 0 Å². The zero-order valence-electron chi connectivity index (χ0n) is 7.57. The third kappa shape index (κ3) is 3.52. The first kappa shape index (κ1) is 9.96. The number of hydrogen-bond acceptors (Lipinski definition) is 3. The van der Waals surface area contributed by atoms with Crippen molar-refractivity contribution >= 4 is 0 Å². The van der Waals surface area contributed by atoms with Crippen molar-refractivity contribution in [3.05, 3.63) is 0 Å². The SMILES string of the molecule is C[C@H](O)C[C@@H](O)C[C@@H]1CCCO1. The Labute approximate surface area is 73.4 Å². The van der Waals surface area contributed by atoms with Crippen molar-refractivity contribution in [2.45, 2.75) is 50.9 Å². The second-order valence-corrected chi connectivity index (χ2v) is 3.61. The Morgan fingerprint density at radius 2 is 2.25 bits per heavy atom. The van der Waals surface area contributed by atoms with Crippen molar-refractivity contribution in [1.82, 2.24) is 0 Å². The monoisotopic (exact) mass is 174 g/mol. The Kier molecular flexibility index (Phi) is 3.98. The highest BCUT2D eigenvalue weighted by molar-refractivity contribution is 4.70. The van der Waals surface area contributed by atoms with Gasteiger partial charge in [0.25, 0.3) is 0 Å². The lowest BCUT2D eigenvalue weighted by Crippen LogP contribution is -2.21. The zero-order chi connectivity index (χ0) is 8.97. The van der Waals surface area contributed by atoms with E-state index in [0.717, 1.165) is 19.4 Å². The zero-order valence-corrected chi connectivity index (χ0v) is 7.57. The molecule has 1 saturated heterocycles. The highest BCUT2D eigenvalue weighted by Gasteiger charge is 2.19. The predicted octanol–water partition coefficient (Wildman–Crippen LogP) is 0.687. The van der Waals surface area contributed by atoms with Gasteiger partial charge in [-0.2, -0.15) is 0 Å². The van der Waals surface area contributed by atoms with E-state index in [2.05, 4.69) is 0 Å². The lowest BCUT2D eigenvalue weighted by atomic mass is 10.0. The Hall–Kier alpha value is -0.120. The first-order valence-corrected chi connectivity index (χ1v) is 4.66. The summed E-state index contributed by atoms with van der Waals surface area (Å²) in [5, 5.41) is 18.4. The number of hydrogen-bond donors (Lipinski definition) is 2. The molecule has 0 aromatic rings. The fraction of sp³-hybridized carbons (Fsp3) is 1.00. The number of aliphatic hydroxyl groups excluding tert-OH is 2. The maximum atomic E-state index is 9.44. The smallest absolute Gasteiger partial charge is 0.0600 e. The summed E-state index contributed by atoms with van der Waals surface area (Å²) in [4.78, 5) is 0. The van der Waals surface area contributed by atoms with Crippen molar-refractivity contribution < 1.29 is 14.9 Å². The molecular formula is C9H18O3. The Bertz CT molecular complexity index is 119. The van der Waals surface area contributed by atoms with Crippen molar-refractivity contribution in [1.29, 1.82) is 0 Å². The minimum absolute atomic E-state index is 0.221. The van der Waals surface area contributed by atoms with Gasteiger partial charge in [-0.25, -0.2) is 0 Å². The summed E-state index contributed by atoms with van der Waals surface area (Å²) in [6.45, 7) is 2.52. The van der Waals surface area contributed by atoms with Gasteiger partial charge in [-0.3, -0.25) is 0 Å². The average molecular weight is 174 g/mol. The summed E-state index contributed by atoms with van der Waals surface area (Å²) in [7, 11) is 0. The molecule has 1 aliphatic heterocycles. The lowest BCUT2D eigenvalue weighted by molar-refractivity contribution is 0.0304. The van der Waals surface area contributed by atoms with Crippen molar-refractivity contribution in [3.63, 3.8) is 0 Å². The van der Waals surface area contributed by atoms with E-state index in [-0.39, 0.29) is 6.10 Å². The molecule has 0 aromatic heterocycles. The van der Waals surface area contributed by atoms with Crippen LogP contribution in [0.2, 0.25) is 0 Å². The van der Waals surface area contributed by atoms with Crippen LogP contribution in [0.15, 0.2) is 0 Å². The average Bonchev–Trinajstić information content (AvgIpc) is 2.37. The van der Waals surface area contributed by atoms with Crippen LogP contribution in [0.5, 0.6) is 0 Å². The summed E-state index contributed by atoms with van der Waals surface area (Å²) in [6.07, 6.45) is 2.68. The molecule has 1 aliphatic rings. The van der Waals surface area contributed by atoms with E-state index in [1.807, 2.05) is 0 Å². The third-order valence-corrected chi connectivity index (χ3v) is 2.17. The van der Waals surface area contributed by atoms with E-state index in [4.69, 9.17) is 9.84 Å². The third-order valence-electron chi connectivity index (χ3n) is 2.17. The van der Waals surface area contributed by atoms with Crippen LogP contribution in [-0.2, 0) is 4.74 Å². The topological polar surface area (TPSA) is 49.7 Å². The minimum atomic E-state index is -0.415. The van der Waals surface area contributed by atoms with E-state index in [9.17, 15) is 5.11 Å². The number of aliphatic hydroxyl groups is 2. The van der Waals surface area contributed by atoms with Gasteiger partial charge in [0.2, 0.25) is 0 Å². The molecule has 0 aliphatic carbocycles. The molecule has 1 fully saturated rings. The molecule has 1 heterocycles. The van der Waals surface area contributed by atoms with Crippen LogP contribution < -0.4 is 0 Å². The van der Waals surface area contributed by atoms with E-state index in [0.29, 0.717) is 12.8 Å². The molecular weight excluding hydrogens is 156 g/mol. The second-order valence-electron chi connectivity index (χ2n) is 3.61. The maximum Gasteiger partial charge on any atom is 0.0600 e. The predicted molar refractivity (Wildman–Crippen MR) is 45.9 cm³/mol. The minimum Gasteiger partial charge on any atom is -0.393 e. The molecule has 0 radical (unpaired) electrons. The molecule has 0 spiro atoms. The number of ether oxygens (including phenoxy) is 1. The van der Waals surface area contributed by atoms with Gasteiger partial charge in [0.1, 0.15) is 0 Å². The fourth-order valence-corrected chi connectivity index (χ4v) is 1.62. The Morgan fingerprint density at radius 1 is 1.50 bits per heavy atom. The fourth-order valence-electron chi connectivity index (χ4n) is 1.62. The van der Waals surface area contributed by atoms with Crippen LogP contribution in [0.25, 0.3) is 0 Å². The summed E-state index contributed by atoms with van der Waals surface area (Å²) in [5.41, 5.74) is 0. The number of rotatable bonds is 4.